The van der Waals surface area contributed by atoms with Gasteiger partial charge in [0.2, 0.25) is 0 Å². The van der Waals surface area contributed by atoms with Crippen LogP contribution in [0.15, 0.2) is 0 Å². The van der Waals surface area contributed by atoms with Crippen molar-refractivity contribution in [1.29, 1.82) is 0 Å². The van der Waals surface area contributed by atoms with Gasteiger partial charge in [-0.25, -0.2) is 0 Å². The molecule has 0 amide bonds. The smallest absolute Gasteiger partial charge is 0.131 e. The van der Waals surface area contributed by atoms with Crippen molar-refractivity contribution in [2.75, 3.05) is 45.4 Å². The van der Waals surface area contributed by atoms with Crippen molar-refractivity contribution in [3.8, 4) is 0 Å². The summed E-state index contributed by atoms with van der Waals surface area (Å²) in [7, 11) is 5.92. The third-order valence-electron chi connectivity index (χ3n) is 4.17. The Balaban J connectivity index is 2.09. The van der Waals surface area contributed by atoms with Gasteiger partial charge in [-0.15, -0.1) is 0 Å². The van der Waals surface area contributed by atoms with Gasteiger partial charge in [0, 0.05) is 59.1 Å². The molecule has 21 heavy (non-hydrogen) atoms. The van der Waals surface area contributed by atoms with Crippen molar-refractivity contribution in [3.63, 3.8) is 0 Å². The van der Waals surface area contributed by atoms with Crippen molar-refractivity contribution in [2.45, 2.75) is 32.4 Å². The minimum Gasteiger partial charge on any atom is -0.383 e. The summed E-state index contributed by atoms with van der Waals surface area (Å²) in [6.07, 6.45) is 2.16. The number of aryl methyl sites for hydroxylation is 2. The van der Waals surface area contributed by atoms with Gasteiger partial charge in [-0.2, -0.15) is 5.10 Å². The van der Waals surface area contributed by atoms with Gasteiger partial charge in [0.1, 0.15) is 5.82 Å². The average Bonchev–Trinajstić information content (AvgIpc) is 2.78. The SMILES string of the molecule is COCCNCc1c(C)nn(C)c1N(C)C1CCOCC1. The van der Waals surface area contributed by atoms with Crippen LogP contribution in [0.5, 0.6) is 0 Å². The van der Waals surface area contributed by atoms with Gasteiger partial charge < -0.3 is 19.7 Å². The number of ether oxygens (including phenoxy) is 2. The lowest BCUT2D eigenvalue weighted by Crippen LogP contribution is -2.38. The first-order valence-corrected chi connectivity index (χ1v) is 7.67. The number of hydrogen-bond donors (Lipinski definition) is 1. The quantitative estimate of drug-likeness (QED) is 0.763. The lowest BCUT2D eigenvalue weighted by Gasteiger charge is -2.33. The summed E-state index contributed by atoms with van der Waals surface area (Å²) in [5, 5.41) is 8.02. The molecule has 6 nitrogen and oxygen atoms in total. The van der Waals surface area contributed by atoms with Gasteiger partial charge in [-0.05, 0) is 19.8 Å². The zero-order chi connectivity index (χ0) is 15.2. The number of nitrogens with one attached hydrogen (secondary N) is 1. The Morgan fingerprint density at radius 1 is 1.43 bits per heavy atom. The van der Waals surface area contributed by atoms with Crippen molar-refractivity contribution in [3.05, 3.63) is 11.3 Å². The largest absolute Gasteiger partial charge is 0.383 e. The first-order valence-electron chi connectivity index (χ1n) is 7.67. The van der Waals surface area contributed by atoms with E-state index in [1.807, 2.05) is 11.7 Å². The normalized spacial score (nSPS) is 16.4. The molecule has 1 aliphatic heterocycles. The molecular formula is C15H28N4O2. The summed E-state index contributed by atoms with van der Waals surface area (Å²) in [5.74, 6) is 1.21. The van der Waals surface area contributed by atoms with Crippen LogP contribution >= 0.6 is 0 Å². The topological polar surface area (TPSA) is 51.5 Å². The molecule has 1 N–H and O–H groups in total. The highest BCUT2D eigenvalue weighted by molar-refractivity contribution is 5.50. The number of aromatic nitrogens is 2. The number of hydrogen-bond acceptors (Lipinski definition) is 5. The Morgan fingerprint density at radius 2 is 2.14 bits per heavy atom. The van der Waals surface area contributed by atoms with E-state index in [1.54, 1.807) is 7.11 Å². The first kappa shape index (κ1) is 16.3. The summed E-state index contributed by atoms with van der Waals surface area (Å²) >= 11 is 0. The average molecular weight is 296 g/mol. The van der Waals surface area contributed by atoms with Crippen LogP contribution in [0.3, 0.4) is 0 Å². The van der Waals surface area contributed by atoms with E-state index in [1.165, 1.54) is 11.4 Å². The standard InChI is InChI=1S/C15H28N4O2/c1-12-14(11-16-7-10-20-4)15(19(3)17-12)18(2)13-5-8-21-9-6-13/h13,16H,5-11H2,1-4H3. The first-order chi connectivity index (χ1) is 10.1. The predicted molar refractivity (Wildman–Crippen MR) is 83.8 cm³/mol. The van der Waals surface area contributed by atoms with Gasteiger partial charge in [0.25, 0.3) is 0 Å². The summed E-state index contributed by atoms with van der Waals surface area (Å²) in [4.78, 5) is 2.37. The van der Waals surface area contributed by atoms with Crippen LogP contribution in [0.2, 0.25) is 0 Å². The Bertz CT molecular complexity index is 441. The Hall–Kier alpha value is -1.11. The predicted octanol–water partition coefficient (Wildman–Crippen LogP) is 1.08. The van der Waals surface area contributed by atoms with E-state index in [-0.39, 0.29) is 0 Å². The number of nitrogens with zero attached hydrogens (tertiary/aromatic N) is 3. The van der Waals surface area contributed by atoms with Crippen molar-refractivity contribution < 1.29 is 9.47 Å². The van der Waals surface area contributed by atoms with Crippen molar-refractivity contribution in [2.24, 2.45) is 7.05 Å². The fraction of sp³-hybridized carbons (Fsp3) is 0.800. The maximum Gasteiger partial charge on any atom is 0.131 e. The van der Waals surface area contributed by atoms with Gasteiger partial charge in [0.15, 0.2) is 0 Å². The van der Waals surface area contributed by atoms with Crippen LogP contribution in [-0.4, -0.2) is 56.3 Å². The van der Waals surface area contributed by atoms with E-state index in [0.29, 0.717) is 6.04 Å². The molecule has 6 heteroatoms. The molecule has 1 aliphatic rings. The van der Waals surface area contributed by atoms with Gasteiger partial charge in [-0.3, -0.25) is 4.68 Å². The van der Waals surface area contributed by atoms with E-state index in [9.17, 15) is 0 Å². The van der Waals surface area contributed by atoms with Gasteiger partial charge in [0.05, 0.1) is 12.3 Å². The maximum absolute atomic E-state index is 5.47. The van der Waals surface area contributed by atoms with Crippen LogP contribution in [0.1, 0.15) is 24.1 Å². The highest BCUT2D eigenvalue weighted by Gasteiger charge is 2.24. The molecule has 0 unspecified atom stereocenters. The third kappa shape index (κ3) is 3.96. The molecule has 0 atom stereocenters. The third-order valence-corrected chi connectivity index (χ3v) is 4.17. The Kier molecular flexibility index (Phi) is 6.02. The summed E-state index contributed by atoms with van der Waals surface area (Å²) in [6, 6.07) is 0.534. The summed E-state index contributed by atoms with van der Waals surface area (Å²) in [5.41, 5.74) is 2.37. The molecule has 2 heterocycles. The van der Waals surface area contributed by atoms with Crippen LogP contribution in [-0.2, 0) is 23.1 Å². The molecule has 120 valence electrons. The number of rotatable bonds is 7. The summed E-state index contributed by atoms with van der Waals surface area (Å²) in [6.45, 7) is 6.19. The van der Waals surface area contributed by atoms with Gasteiger partial charge >= 0.3 is 0 Å². The second-order valence-electron chi connectivity index (χ2n) is 5.64. The maximum atomic E-state index is 5.47. The lowest BCUT2D eigenvalue weighted by molar-refractivity contribution is 0.0852. The molecule has 0 spiro atoms. The fourth-order valence-electron chi connectivity index (χ4n) is 2.97. The highest BCUT2D eigenvalue weighted by Crippen LogP contribution is 2.26. The molecule has 0 aliphatic carbocycles. The summed E-state index contributed by atoms with van der Waals surface area (Å²) < 4.78 is 12.5. The van der Waals surface area contributed by atoms with Crippen LogP contribution in [0.25, 0.3) is 0 Å². The van der Waals surface area contributed by atoms with E-state index < -0.39 is 0 Å². The van der Waals surface area contributed by atoms with E-state index in [0.717, 1.165) is 51.4 Å². The van der Waals surface area contributed by atoms with Crippen molar-refractivity contribution in [1.82, 2.24) is 15.1 Å². The minimum atomic E-state index is 0.534. The van der Waals surface area contributed by atoms with Crippen LogP contribution < -0.4 is 10.2 Å². The molecule has 1 aromatic heterocycles. The zero-order valence-corrected chi connectivity index (χ0v) is 13.7. The fourth-order valence-corrected chi connectivity index (χ4v) is 2.97. The Labute approximate surface area is 127 Å². The number of anilines is 1. The molecule has 0 bridgehead atoms. The highest BCUT2D eigenvalue weighted by atomic mass is 16.5. The molecule has 0 saturated carbocycles. The van der Waals surface area contributed by atoms with E-state index >= 15 is 0 Å². The number of methoxy groups -OCH3 is 1. The minimum absolute atomic E-state index is 0.534. The molecule has 2 rings (SSSR count). The lowest BCUT2D eigenvalue weighted by atomic mass is 10.1. The molecular weight excluding hydrogens is 268 g/mol. The zero-order valence-electron chi connectivity index (χ0n) is 13.7. The van der Waals surface area contributed by atoms with Crippen molar-refractivity contribution >= 4 is 5.82 Å². The second kappa shape index (κ2) is 7.77. The molecule has 1 fully saturated rings. The van der Waals surface area contributed by atoms with Gasteiger partial charge in [-0.1, -0.05) is 0 Å². The second-order valence-corrected chi connectivity index (χ2v) is 5.64. The van der Waals surface area contributed by atoms with E-state index in [4.69, 9.17) is 9.47 Å². The van der Waals surface area contributed by atoms with Crippen LogP contribution in [0, 0.1) is 6.92 Å². The molecule has 1 aromatic rings. The monoisotopic (exact) mass is 296 g/mol. The van der Waals surface area contributed by atoms with E-state index in [2.05, 4.69) is 29.3 Å². The molecule has 0 aromatic carbocycles. The molecule has 0 radical (unpaired) electrons. The van der Waals surface area contributed by atoms with Crippen LogP contribution in [0.4, 0.5) is 5.82 Å². The molecule has 1 saturated heterocycles. The Morgan fingerprint density at radius 3 is 2.81 bits per heavy atom.